The molecule has 2 aromatic carbocycles. The van der Waals surface area contributed by atoms with Gasteiger partial charge in [-0.05, 0) is 42.3 Å². The molecule has 0 aliphatic heterocycles. The van der Waals surface area contributed by atoms with Crippen molar-refractivity contribution < 1.29 is 0 Å². The van der Waals surface area contributed by atoms with Crippen molar-refractivity contribution in [3.63, 3.8) is 0 Å². The summed E-state index contributed by atoms with van der Waals surface area (Å²) >= 11 is 0. The summed E-state index contributed by atoms with van der Waals surface area (Å²) < 4.78 is 0. The second-order valence-electron chi connectivity index (χ2n) is 5.23. The van der Waals surface area contributed by atoms with Crippen molar-refractivity contribution in [3.05, 3.63) is 48.5 Å². The zero-order valence-electron chi connectivity index (χ0n) is 13.1. The van der Waals surface area contributed by atoms with E-state index >= 15 is 0 Å². The molecule has 2 aromatic rings. The summed E-state index contributed by atoms with van der Waals surface area (Å²) in [6, 6.07) is 15.5. The van der Waals surface area contributed by atoms with E-state index in [4.69, 9.17) is 11.5 Å². The van der Waals surface area contributed by atoms with Gasteiger partial charge < -0.3 is 22.1 Å². The van der Waals surface area contributed by atoms with E-state index in [2.05, 4.69) is 24.5 Å². The first-order valence-electron chi connectivity index (χ1n) is 7.14. The first-order valence-corrected chi connectivity index (χ1v) is 7.14. The van der Waals surface area contributed by atoms with Gasteiger partial charge in [-0.2, -0.15) is 0 Å². The van der Waals surface area contributed by atoms with Crippen LogP contribution in [0.2, 0.25) is 0 Å². The van der Waals surface area contributed by atoms with Crippen molar-refractivity contribution >= 4 is 22.7 Å². The lowest BCUT2D eigenvalue weighted by Gasteiger charge is -2.08. The number of hydrogen-bond donors (Lipinski definition) is 4. The number of anilines is 4. The highest BCUT2D eigenvalue weighted by atomic mass is 14.9. The normalized spacial score (nSPS) is 9.71. The van der Waals surface area contributed by atoms with Crippen LogP contribution in [0.1, 0.15) is 13.8 Å². The maximum atomic E-state index is 5.57. The molecule has 0 unspecified atom stereocenters. The Bertz CT molecular complexity index is 521. The van der Waals surface area contributed by atoms with Gasteiger partial charge in [0.05, 0.1) is 11.4 Å². The van der Waals surface area contributed by atoms with E-state index in [0.29, 0.717) is 5.92 Å². The van der Waals surface area contributed by atoms with Gasteiger partial charge in [0.2, 0.25) is 0 Å². The van der Waals surface area contributed by atoms with Gasteiger partial charge in [-0.1, -0.05) is 26.0 Å². The predicted molar refractivity (Wildman–Crippen MR) is 94.6 cm³/mol. The Morgan fingerprint density at radius 2 is 1.57 bits per heavy atom. The average molecular weight is 286 g/mol. The number of para-hydroxylation sites is 2. The van der Waals surface area contributed by atoms with Crippen LogP contribution >= 0.6 is 0 Å². The molecule has 0 heterocycles. The minimum atomic E-state index is 0.669. The van der Waals surface area contributed by atoms with Crippen molar-refractivity contribution in [2.75, 3.05) is 35.7 Å². The highest BCUT2D eigenvalue weighted by molar-refractivity contribution is 5.65. The molecule has 0 amide bonds. The Labute approximate surface area is 127 Å². The van der Waals surface area contributed by atoms with E-state index in [1.165, 1.54) is 0 Å². The van der Waals surface area contributed by atoms with Crippen LogP contribution in [0, 0.1) is 5.92 Å². The fraction of sp³-hybridized carbons (Fsp3) is 0.294. The van der Waals surface area contributed by atoms with Gasteiger partial charge in [0.25, 0.3) is 0 Å². The first kappa shape index (κ1) is 16.7. The van der Waals surface area contributed by atoms with Gasteiger partial charge in [-0.3, -0.25) is 0 Å². The highest BCUT2D eigenvalue weighted by Gasteiger charge is 1.93. The molecule has 0 aliphatic carbocycles. The number of nitrogens with one attached hydrogen (secondary N) is 2. The highest BCUT2D eigenvalue weighted by Crippen LogP contribution is 2.14. The molecular formula is C17H26N4. The molecule has 4 heteroatoms. The Kier molecular flexibility index (Phi) is 6.95. The maximum absolute atomic E-state index is 5.57. The van der Waals surface area contributed by atoms with Gasteiger partial charge in [0.15, 0.2) is 0 Å². The molecule has 21 heavy (non-hydrogen) atoms. The Morgan fingerprint density at radius 3 is 2.05 bits per heavy atom. The zero-order chi connectivity index (χ0) is 15.7. The summed E-state index contributed by atoms with van der Waals surface area (Å²) in [5, 5.41) is 6.29. The van der Waals surface area contributed by atoms with Crippen molar-refractivity contribution in [2.24, 2.45) is 5.92 Å². The molecule has 0 aliphatic rings. The molecular weight excluding hydrogens is 260 g/mol. The van der Waals surface area contributed by atoms with Gasteiger partial charge in [-0.15, -0.1) is 0 Å². The largest absolute Gasteiger partial charge is 0.399 e. The zero-order valence-corrected chi connectivity index (χ0v) is 13.1. The fourth-order valence-corrected chi connectivity index (χ4v) is 1.65. The van der Waals surface area contributed by atoms with Gasteiger partial charge >= 0.3 is 0 Å². The Balaban J connectivity index is 0.000000219. The van der Waals surface area contributed by atoms with Crippen molar-refractivity contribution in [1.82, 2.24) is 0 Å². The minimum Gasteiger partial charge on any atom is -0.399 e. The molecule has 0 aromatic heterocycles. The van der Waals surface area contributed by atoms with Crippen molar-refractivity contribution in [2.45, 2.75) is 13.8 Å². The van der Waals surface area contributed by atoms with Crippen LogP contribution in [-0.2, 0) is 0 Å². The molecule has 114 valence electrons. The lowest BCUT2D eigenvalue weighted by Crippen LogP contribution is -2.07. The van der Waals surface area contributed by atoms with Gasteiger partial charge in [0, 0.05) is 25.0 Å². The smallest absolute Gasteiger partial charge is 0.0571 e. The molecule has 0 atom stereocenters. The molecule has 0 radical (unpaired) electrons. The molecule has 6 N–H and O–H groups in total. The molecule has 0 fully saturated rings. The molecule has 0 spiro atoms. The minimum absolute atomic E-state index is 0.669. The van der Waals surface area contributed by atoms with E-state index in [1.54, 1.807) is 0 Å². The summed E-state index contributed by atoms with van der Waals surface area (Å²) in [4.78, 5) is 0. The van der Waals surface area contributed by atoms with E-state index < -0.39 is 0 Å². The Morgan fingerprint density at radius 1 is 0.952 bits per heavy atom. The van der Waals surface area contributed by atoms with Crippen molar-refractivity contribution in [3.8, 4) is 0 Å². The molecule has 2 rings (SSSR count). The summed E-state index contributed by atoms with van der Waals surface area (Å²) in [7, 11) is 1.85. The molecule has 4 nitrogen and oxygen atoms in total. The third-order valence-electron chi connectivity index (χ3n) is 2.86. The van der Waals surface area contributed by atoms with E-state index in [1.807, 2.05) is 55.6 Å². The van der Waals surface area contributed by atoms with E-state index in [-0.39, 0.29) is 0 Å². The number of hydrogen-bond acceptors (Lipinski definition) is 4. The first-order chi connectivity index (χ1) is 10.0. The number of rotatable bonds is 4. The van der Waals surface area contributed by atoms with E-state index in [0.717, 1.165) is 29.3 Å². The third-order valence-corrected chi connectivity index (χ3v) is 2.86. The van der Waals surface area contributed by atoms with Crippen LogP contribution in [0.25, 0.3) is 0 Å². The summed E-state index contributed by atoms with van der Waals surface area (Å²) in [6.07, 6.45) is 0. The number of nitrogen functional groups attached to an aromatic ring is 2. The summed E-state index contributed by atoms with van der Waals surface area (Å²) in [6.45, 7) is 5.37. The average Bonchev–Trinajstić information content (AvgIpc) is 2.48. The molecule has 0 saturated heterocycles. The van der Waals surface area contributed by atoms with Crippen LogP contribution in [0.5, 0.6) is 0 Å². The predicted octanol–water partition coefficient (Wildman–Crippen LogP) is 3.65. The van der Waals surface area contributed by atoms with Crippen molar-refractivity contribution in [1.29, 1.82) is 0 Å². The third kappa shape index (κ3) is 6.56. The van der Waals surface area contributed by atoms with Crippen LogP contribution < -0.4 is 22.1 Å². The van der Waals surface area contributed by atoms with E-state index in [9.17, 15) is 0 Å². The SMILES string of the molecule is CC(C)CNc1ccc(N)cc1.CNc1ccccc1N. The van der Waals surface area contributed by atoms with Crippen LogP contribution in [0.15, 0.2) is 48.5 Å². The monoisotopic (exact) mass is 286 g/mol. The Hall–Kier alpha value is -2.36. The topological polar surface area (TPSA) is 76.1 Å². The van der Waals surface area contributed by atoms with Gasteiger partial charge in [0.1, 0.15) is 0 Å². The standard InChI is InChI=1S/C10H16N2.C7H10N2/c1-8(2)7-12-10-5-3-9(11)4-6-10;1-9-7-5-3-2-4-6(7)8/h3-6,8,12H,7,11H2,1-2H3;2-5,9H,8H2,1H3. The lowest BCUT2D eigenvalue weighted by atomic mass is 10.2. The number of benzene rings is 2. The second-order valence-corrected chi connectivity index (χ2v) is 5.23. The lowest BCUT2D eigenvalue weighted by molar-refractivity contribution is 0.689. The summed E-state index contributed by atoms with van der Waals surface area (Å²) in [5.41, 5.74) is 14.8. The maximum Gasteiger partial charge on any atom is 0.0571 e. The van der Waals surface area contributed by atoms with Crippen LogP contribution in [-0.4, -0.2) is 13.6 Å². The molecule has 0 bridgehead atoms. The fourth-order valence-electron chi connectivity index (χ4n) is 1.65. The summed E-state index contributed by atoms with van der Waals surface area (Å²) in [5.74, 6) is 0.669. The quantitative estimate of drug-likeness (QED) is 0.647. The second kappa shape index (κ2) is 8.74. The number of nitrogens with two attached hydrogens (primary N) is 2. The molecule has 0 saturated carbocycles. The van der Waals surface area contributed by atoms with Crippen LogP contribution in [0.3, 0.4) is 0 Å². The van der Waals surface area contributed by atoms with Gasteiger partial charge in [-0.25, -0.2) is 0 Å². The van der Waals surface area contributed by atoms with Crippen LogP contribution in [0.4, 0.5) is 22.7 Å².